The fourth-order valence-corrected chi connectivity index (χ4v) is 2.16. The topological polar surface area (TPSA) is 29.5 Å². The average Bonchev–Trinajstić information content (AvgIpc) is 2.16. The lowest BCUT2D eigenvalue weighted by molar-refractivity contribution is 0.247. The van der Waals surface area contributed by atoms with E-state index in [9.17, 15) is 0 Å². The van der Waals surface area contributed by atoms with Crippen LogP contribution in [0.4, 0.5) is 0 Å². The number of aliphatic hydroxyl groups excluding tert-OH is 1. The van der Waals surface area contributed by atoms with Crippen LogP contribution in [0.2, 0.25) is 18.1 Å². The summed E-state index contributed by atoms with van der Waals surface area (Å²) in [5.41, 5.74) is 0. The van der Waals surface area contributed by atoms with Gasteiger partial charge in [0, 0.05) is 6.61 Å². The third-order valence-electron chi connectivity index (χ3n) is 3.50. The molecular formula is C13H28O2Si. The fourth-order valence-electron chi connectivity index (χ4n) is 1.09. The Hall–Kier alpha value is -0.123. The van der Waals surface area contributed by atoms with E-state index in [0.717, 1.165) is 13.0 Å². The van der Waals surface area contributed by atoms with Gasteiger partial charge in [-0.05, 0) is 30.5 Å². The molecule has 0 aromatic carbocycles. The number of rotatable bonds is 6. The quantitative estimate of drug-likeness (QED) is 0.571. The maximum atomic E-state index is 8.75. The van der Waals surface area contributed by atoms with Crippen LogP contribution < -0.4 is 0 Å². The Morgan fingerprint density at radius 2 is 1.88 bits per heavy atom. The molecule has 0 aromatic rings. The van der Waals surface area contributed by atoms with E-state index < -0.39 is 8.32 Å². The maximum absolute atomic E-state index is 8.75. The molecule has 0 aliphatic heterocycles. The first-order valence-corrected chi connectivity index (χ1v) is 9.07. The Bertz CT molecular complexity index is 216. The second-order valence-corrected chi connectivity index (χ2v) is 10.7. The Labute approximate surface area is 102 Å². The largest absolute Gasteiger partial charge is 0.416 e. The van der Waals surface area contributed by atoms with E-state index in [1.165, 1.54) is 0 Å². The normalized spacial score (nSPS) is 15.7. The van der Waals surface area contributed by atoms with Gasteiger partial charge < -0.3 is 9.53 Å². The number of hydrogen-bond donors (Lipinski definition) is 1. The highest BCUT2D eigenvalue weighted by molar-refractivity contribution is 6.74. The summed E-state index contributed by atoms with van der Waals surface area (Å²) in [5.74, 6) is 0.432. The van der Waals surface area contributed by atoms with E-state index in [4.69, 9.17) is 9.53 Å². The van der Waals surface area contributed by atoms with Crippen molar-refractivity contribution >= 4 is 8.32 Å². The molecule has 0 aromatic heterocycles. The zero-order chi connectivity index (χ0) is 12.8. The standard InChI is InChI=1S/C13H28O2Si/c1-7-12(9-8-10-14)11-15-16(5,6)13(2,3)4/h8-9,12,14H,7,10-11H2,1-6H3/b9-8-/t12-/m0/s1. The van der Waals surface area contributed by atoms with E-state index >= 15 is 0 Å². The van der Waals surface area contributed by atoms with Crippen molar-refractivity contribution in [3.8, 4) is 0 Å². The molecule has 0 unspecified atom stereocenters. The van der Waals surface area contributed by atoms with Crippen molar-refractivity contribution in [3.63, 3.8) is 0 Å². The van der Waals surface area contributed by atoms with Gasteiger partial charge in [-0.1, -0.05) is 39.8 Å². The molecule has 0 aliphatic carbocycles. The molecule has 1 atom stereocenters. The van der Waals surface area contributed by atoms with Gasteiger partial charge in [-0.15, -0.1) is 0 Å². The lowest BCUT2D eigenvalue weighted by Crippen LogP contribution is -2.41. The molecule has 0 amide bonds. The molecule has 16 heavy (non-hydrogen) atoms. The van der Waals surface area contributed by atoms with Crippen molar-refractivity contribution in [2.45, 2.75) is 52.2 Å². The summed E-state index contributed by atoms with van der Waals surface area (Å²) in [6.45, 7) is 14.4. The molecule has 0 heterocycles. The first-order valence-electron chi connectivity index (χ1n) is 6.16. The van der Waals surface area contributed by atoms with Gasteiger partial charge in [-0.3, -0.25) is 0 Å². The zero-order valence-electron chi connectivity index (χ0n) is 11.7. The fraction of sp³-hybridized carbons (Fsp3) is 0.846. The molecule has 0 spiro atoms. The molecule has 0 saturated heterocycles. The monoisotopic (exact) mass is 244 g/mol. The van der Waals surface area contributed by atoms with Crippen LogP contribution >= 0.6 is 0 Å². The minimum Gasteiger partial charge on any atom is -0.416 e. The highest BCUT2D eigenvalue weighted by Crippen LogP contribution is 2.36. The van der Waals surface area contributed by atoms with Gasteiger partial charge in [0.05, 0.1) is 6.61 Å². The Kier molecular flexibility index (Phi) is 6.52. The van der Waals surface area contributed by atoms with Gasteiger partial charge in [0.25, 0.3) is 0 Å². The van der Waals surface area contributed by atoms with Crippen LogP contribution in [0, 0.1) is 5.92 Å². The Morgan fingerprint density at radius 3 is 2.25 bits per heavy atom. The second kappa shape index (κ2) is 6.57. The molecule has 3 heteroatoms. The van der Waals surface area contributed by atoms with Gasteiger partial charge in [0.15, 0.2) is 8.32 Å². The Balaban J connectivity index is 4.26. The van der Waals surface area contributed by atoms with E-state index in [2.05, 4.69) is 46.9 Å². The summed E-state index contributed by atoms with van der Waals surface area (Å²) >= 11 is 0. The average molecular weight is 244 g/mol. The van der Waals surface area contributed by atoms with Crippen molar-refractivity contribution in [1.82, 2.24) is 0 Å². The van der Waals surface area contributed by atoms with Crippen LogP contribution in [0.5, 0.6) is 0 Å². The highest BCUT2D eigenvalue weighted by Gasteiger charge is 2.37. The molecule has 1 N–H and O–H groups in total. The lowest BCUT2D eigenvalue weighted by atomic mass is 10.1. The summed E-state index contributed by atoms with van der Waals surface area (Å²) in [4.78, 5) is 0. The summed E-state index contributed by atoms with van der Waals surface area (Å²) in [6, 6.07) is 0. The second-order valence-electron chi connectivity index (χ2n) is 5.85. The Morgan fingerprint density at radius 1 is 1.31 bits per heavy atom. The summed E-state index contributed by atoms with van der Waals surface area (Å²) < 4.78 is 6.15. The molecule has 0 fully saturated rings. The van der Waals surface area contributed by atoms with Crippen LogP contribution in [-0.2, 0) is 4.43 Å². The van der Waals surface area contributed by atoms with Gasteiger partial charge in [0.2, 0.25) is 0 Å². The van der Waals surface area contributed by atoms with Gasteiger partial charge >= 0.3 is 0 Å². The SMILES string of the molecule is CC[C@@H](/C=C\CO)CO[Si](C)(C)C(C)(C)C. The minimum atomic E-state index is -1.62. The number of hydrogen-bond acceptors (Lipinski definition) is 2. The van der Waals surface area contributed by atoms with Crippen LogP contribution in [0.3, 0.4) is 0 Å². The third-order valence-corrected chi connectivity index (χ3v) is 8.00. The third kappa shape index (κ3) is 5.28. The minimum absolute atomic E-state index is 0.122. The van der Waals surface area contributed by atoms with Crippen LogP contribution in [0.1, 0.15) is 34.1 Å². The van der Waals surface area contributed by atoms with Crippen molar-refractivity contribution in [3.05, 3.63) is 12.2 Å². The van der Waals surface area contributed by atoms with Crippen LogP contribution in [-0.4, -0.2) is 26.6 Å². The summed E-state index contributed by atoms with van der Waals surface area (Å²) in [6.07, 6.45) is 4.93. The maximum Gasteiger partial charge on any atom is 0.192 e. The summed E-state index contributed by atoms with van der Waals surface area (Å²) in [7, 11) is -1.62. The predicted molar refractivity (Wildman–Crippen MR) is 73.2 cm³/mol. The first kappa shape index (κ1) is 15.9. The van der Waals surface area contributed by atoms with E-state index in [1.807, 2.05) is 6.08 Å². The molecule has 0 bridgehead atoms. The van der Waals surface area contributed by atoms with Crippen molar-refractivity contribution < 1.29 is 9.53 Å². The van der Waals surface area contributed by atoms with Gasteiger partial charge in [-0.2, -0.15) is 0 Å². The molecular weight excluding hydrogens is 216 g/mol. The van der Waals surface area contributed by atoms with E-state index in [1.54, 1.807) is 0 Å². The van der Waals surface area contributed by atoms with Crippen molar-refractivity contribution in [2.24, 2.45) is 5.92 Å². The lowest BCUT2D eigenvalue weighted by Gasteiger charge is -2.37. The van der Waals surface area contributed by atoms with Gasteiger partial charge in [0.1, 0.15) is 0 Å². The van der Waals surface area contributed by atoms with Crippen LogP contribution in [0.25, 0.3) is 0 Å². The zero-order valence-corrected chi connectivity index (χ0v) is 12.7. The molecule has 96 valence electrons. The molecule has 0 rings (SSSR count). The summed E-state index contributed by atoms with van der Waals surface area (Å²) in [5, 5.41) is 9.02. The van der Waals surface area contributed by atoms with Crippen molar-refractivity contribution in [1.29, 1.82) is 0 Å². The molecule has 2 nitrogen and oxygen atoms in total. The number of aliphatic hydroxyl groups is 1. The first-order chi connectivity index (χ1) is 7.24. The van der Waals surface area contributed by atoms with E-state index in [-0.39, 0.29) is 11.6 Å². The molecule has 0 radical (unpaired) electrons. The smallest absolute Gasteiger partial charge is 0.192 e. The van der Waals surface area contributed by atoms with Crippen molar-refractivity contribution in [2.75, 3.05) is 13.2 Å². The molecule has 0 saturated carbocycles. The molecule has 0 aliphatic rings. The van der Waals surface area contributed by atoms with E-state index in [0.29, 0.717) is 5.92 Å². The van der Waals surface area contributed by atoms with Crippen LogP contribution in [0.15, 0.2) is 12.2 Å². The highest BCUT2D eigenvalue weighted by atomic mass is 28.4. The predicted octanol–water partition coefficient (Wildman–Crippen LogP) is 3.58. The van der Waals surface area contributed by atoms with Gasteiger partial charge in [-0.25, -0.2) is 0 Å².